The maximum absolute atomic E-state index is 12.5. The molecule has 0 spiro atoms. The van der Waals surface area contributed by atoms with Crippen LogP contribution >= 0.6 is 0 Å². The average Bonchev–Trinajstić information content (AvgIpc) is 3.07. The van der Waals surface area contributed by atoms with Gasteiger partial charge in [0.2, 0.25) is 17.7 Å². The number of nitrogens with zero attached hydrogens (tertiary/aromatic N) is 1. The van der Waals surface area contributed by atoms with Crippen LogP contribution in [0.25, 0.3) is 0 Å². The number of imide groups is 1. The van der Waals surface area contributed by atoms with Crippen molar-refractivity contribution in [3.8, 4) is 5.75 Å². The summed E-state index contributed by atoms with van der Waals surface area (Å²) in [6.07, 6.45) is 4.48. The summed E-state index contributed by atoms with van der Waals surface area (Å²) in [6.45, 7) is 1.22. The molecule has 0 bridgehead atoms. The zero-order chi connectivity index (χ0) is 22.3. The number of nitrogens with one attached hydrogen (secondary N) is 1. The number of ether oxygens (including phenoxy) is 1. The quantitative estimate of drug-likeness (QED) is 0.613. The van der Waals surface area contributed by atoms with Gasteiger partial charge in [0, 0.05) is 19.5 Å². The third kappa shape index (κ3) is 5.36. The van der Waals surface area contributed by atoms with Gasteiger partial charge in [-0.3, -0.25) is 19.3 Å². The summed E-state index contributed by atoms with van der Waals surface area (Å²) in [6, 6.07) is 17.9. The number of likely N-dealkylation sites (tertiary alicyclic amines) is 1. The zero-order valence-electron chi connectivity index (χ0n) is 18.3. The van der Waals surface area contributed by atoms with Crippen LogP contribution in [-0.4, -0.2) is 35.7 Å². The van der Waals surface area contributed by atoms with E-state index in [0.717, 1.165) is 42.6 Å². The number of carbonyl (C=O) groups is 3. The molecule has 2 fully saturated rings. The molecule has 2 unspecified atom stereocenters. The van der Waals surface area contributed by atoms with Gasteiger partial charge < -0.3 is 10.1 Å². The highest BCUT2D eigenvalue weighted by molar-refractivity contribution is 6.05. The van der Waals surface area contributed by atoms with Gasteiger partial charge in [0.05, 0.1) is 11.8 Å². The van der Waals surface area contributed by atoms with Crippen LogP contribution in [0.5, 0.6) is 5.75 Å². The van der Waals surface area contributed by atoms with Gasteiger partial charge in [-0.15, -0.1) is 0 Å². The molecule has 3 amide bonds. The lowest BCUT2D eigenvalue weighted by Gasteiger charge is -2.19. The monoisotopic (exact) mass is 434 g/mol. The van der Waals surface area contributed by atoms with E-state index < -0.39 is 0 Å². The van der Waals surface area contributed by atoms with E-state index in [9.17, 15) is 14.4 Å². The predicted molar refractivity (Wildman–Crippen MR) is 121 cm³/mol. The van der Waals surface area contributed by atoms with Crippen LogP contribution in [0.3, 0.4) is 0 Å². The zero-order valence-corrected chi connectivity index (χ0v) is 18.3. The van der Waals surface area contributed by atoms with Gasteiger partial charge in [0.25, 0.3) is 0 Å². The van der Waals surface area contributed by atoms with Crippen molar-refractivity contribution >= 4 is 17.7 Å². The first kappa shape index (κ1) is 22.1. The predicted octanol–water partition coefficient (Wildman–Crippen LogP) is 3.49. The molecule has 6 heteroatoms. The number of hydrogen-bond acceptors (Lipinski definition) is 4. The first-order valence-electron chi connectivity index (χ1n) is 11.5. The lowest BCUT2D eigenvalue weighted by molar-refractivity contribution is -0.140. The summed E-state index contributed by atoms with van der Waals surface area (Å²) in [7, 11) is 0. The molecule has 4 rings (SSSR count). The normalized spacial score (nSPS) is 20.2. The number of fused-ring (bicyclic) bond motifs is 1. The third-order valence-corrected chi connectivity index (χ3v) is 6.40. The SMILES string of the molecule is O=C(CCN1C(=O)C2CCCCC2C1=O)NCCc1ccc(OCc2ccccc2)cc1. The standard InChI is InChI=1S/C26H30N2O4/c29-24(15-17-28-25(30)22-8-4-5-9-23(22)26(28)31)27-16-14-19-10-12-21(13-11-19)32-18-20-6-2-1-3-7-20/h1-3,6-7,10-13,22-23H,4-5,8-9,14-18H2,(H,27,29). The molecule has 1 saturated heterocycles. The second-order valence-corrected chi connectivity index (χ2v) is 8.59. The first-order chi connectivity index (χ1) is 15.6. The van der Waals surface area contributed by atoms with Gasteiger partial charge >= 0.3 is 0 Å². The summed E-state index contributed by atoms with van der Waals surface area (Å²) in [5.74, 6) is 0.201. The Bertz CT molecular complexity index is 918. The Labute approximate surface area is 188 Å². The summed E-state index contributed by atoms with van der Waals surface area (Å²) in [5.41, 5.74) is 2.22. The van der Waals surface area contributed by atoms with E-state index >= 15 is 0 Å². The molecule has 1 aliphatic heterocycles. The fourth-order valence-corrected chi connectivity index (χ4v) is 4.59. The molecule has 2 atom stereocenters. The molecule has 32 heavy (non-hydrogen) atoms. The molecular formula is C26H30N2O4. The van der Waals surface area contributed by atoms with Gasteiger partial charge in [-0.2, -0.15) is 0 Å². The van der Waals surface area contributed by atoms with Crippen LogP contribution in [0.1, 0.15) is 43.2 Å². The van der Waals surface area contributed by atoms with Gasteiger partial charge in [0.1, 0.15) is 12.4 Å². The maximum atomic E-state index is 12.5. The lowest BCUT2D eigenvalue weighted by Crippen LogP contribution is -2.35. The largest absolute Gasteiger partial charge is 0.489 e. The van der Waals surface area contributed by atoms with Crippen molar-refractivity contribution < 1.29 is 19.1 Å². The number of amides is 3. The van der Waals surface area contributed by atoms with E-state index in [0.29, 0.717) is 19.6 Å². The topological polar surface area (TPSA) is 75.7 Å². The third-order valence-electron chi connectivity index (χ3n) is 6.40. The summed E-state index contributed by atoms with van der Waals surface area (Å²) in [4.78, 5) is 38.5. The average molecular weight is 435 g/mol. The van der Waals surface area contributed by atoms with E-state index in [1.807, 2.05) is 54.6 Å². The van der Waals surface area contributed by atoms with Crippen molar-refractivity contribution in [3.63, 3.8) is 0 Å². The van der Waals surface area contributed by atoms with Crippen LogP contribution in [0.4, 0.5) is 0 Å². The Hall–Kier alpha value is -3.15. The number of benzene rings is 2. The molecular weight excluding hydrogens is 404 g/mol. The minimum absolute atomic E-state index is 0.0814. The van der Waals surface area contributed by atoms with E-state index in [2.05, 4.69) is 5.32 Å². The molecule has 2 aromatic carbocycles. The Balaban J connectivity index is 1.16. The van der Waals surface area contributed by atoms with Crippen LogP contribution in [-0.2, 0) is 27.4 Å². The van der Waals surface area contributed by atoms with E-state index in [1.165, 1.54) is 4.90 Å². The Morgan fingerprint density at radius 3 is 2.22 bits per heavy atom. The van der Waals surface area contributed by atoms with Crippen LogP contribution in [0.2, 0.25) is 0 Å². The molecule has 0 aromatic heterocycles. The minimum Gasteiger partial charge on any atom is -0.489 e. The second-order valence-electron chi connectivity index (χ2n) is 8.59. The fourth-order valence-electron chi connectivity index (χ4n) is 4.59. The molecule has 1 heterocycles. The number of hydrogen-bond donors (Lipinski definition) is 1. The first-order valence-corrected chi connectivity index (χ1v) is 11.5. The molecule has 1 N–H and O–H groups in total. The van der Waals surface area contributed by atoms with Crippen molar-refractivity contribution in [2.45, 2.75) is 45.1 Å². The smallest absolute Gasteiger partial charge is 0.233 e. The van der Waals surface area contributed by atoms with Crippen molar-refractivity contribution in [2.24, 2.45) is 11.8 Å². The summed E-state index contributed by atoms with van der Waals surface area (Å²) >= 11 is 0. The lowest BCUT2D eigenvalue weighted by atomic mass is 9.81. The molecule has 1 saturated carbocycles. The van der Waals surface area contributed by atoms with Crippen molar-refractivity contribution in [1.82, 2.24) is 10.2 Å². The Morgan fingerprint density at radius 2 is 1.56 bits per heavy atom. The molecule has 2 aliphatic rings. The Morgan fingerprint density at radius 1 is 0.906 bits per heavy atom. The molecule has 1 aliphatic carbocycles. The molecule has 2 aromatic rings. The van der Waals surface area contributed by atoms with Gasteiger partial charge in [-0.25, -0.2) is 0 Å². The van der Waals surface area contributed by atoms with E-state index in [-0.39, 0.29) is 42.5 Å². The van der Waals surface area contributed by atoms with Gasteiger partial charge in [0.15, 0.2) is 0 Å². The van der Waals surface area contributed by atoms with Crippen LogP contribution in [0.15, 0.2) is 54.6 Å². The molecule has 0 radical (unpaired) electrons. The second kappa shape index (κ2) is 10.4. The molecule has 168 valence electrons. The van der Waals surface area contributed by atoms with Crippen LogP contribution < -0.4 is 10.1 Å². The summed E-state index contributed by atoms with van der Waals surface area (Å²) in [5, 5.41) is 2.89. The van der Waals surface area contributed by atoms with E-state index in [4.69, 9.17) is 4.74 Å². The maximum Gasteiger partial charge on any atom is 0.233 e. The van der Waals surface area contributed by atoms with Gasteiger partial charge in [-0.05, 0) is 42.5 Å². The minimum atomic E-state index is -0.154. The highest BCUT2D eigenvalue weighted by Crippen LogP contribution is 2.37. The fraction of sp³-hybridized carbons (Fsp3) is 0.423. The number of carbonyl (C=O) groups excluding carboxylic acids is 3. The van der Waals surface area contributed by atoms with Crippen LogP contribution in [0, 0.1) is 11.8 Å². The highest BCUT2D eigenvalue weighted by Gasteiger charge is 2.47. The van der Waals surface area contributed by atoms with Crippen molar-refractivity contribution in [2.75, 3.05) is 13.1 Å². The van der Waals surface area contributed by atoms with Gasteiger partial charge in [-0.1, -0.05) is 55.3 Å². The van der Waals surface area contributed by atoms with Crippen molar-refractivity contribution in [3.05, 3.63) is 65.7 Å². The summed E-state index contributed by atoms with van der Waals surface area (Å²) < 4.78 is 5.79. The Kier molecular flexibility index (Phi) is 7.20. The highest BCUT2D eigenvalue weighted by atomic mass is 16.5. The van der Waals surface area contributed by atoms with E-state index in [1.54, 1.807) is 0 Å². The molecule has 6 nitrogen and oxygen atoms in total. The number of rotatable bonds is 9. The van der Waals surface area contributed by atoms with Crippen molar-refractivity contribution in [1.29, 1.82) is 0 Å².